The Kier molecular flexibility index (Phi) is 5.95. The second-order valence-corrected chi connectivity index (χ2v) is 9.93. The van der Waals surface area contributed by atoms with E-state index in [1.165, 1.54) is 4.90 Å². The van der Waals surface area contributed by atoms with Crippen molar-refractivity contribution in [3.63, 3.8) is 0 Å². The molecule has 2 N–H and O–H groups in total. The minimum absolute atomic E-state index is 0.0345. The predicted molar refractivity (Wildman–Crippen MR) is 102 cm³/mol. The molecule has 26 heavy (non-hydrogen) atoms. The summed E-state index contributed by atoms with van der Waals surface area (Å²) in [6.07, 6.45) is 0.488. The third-order valence-electron chi connectivity index (χ3n) is 4.23. The van der Waals surface area contributed by atoms with Crippen LogP contribution in [-0.4, -0.2) is 61.8 Å². The van der Waals surface area contributed by atoms with Crippen LogP contribution >= 0.6 is 0 Å². The minimum atomic E-state index is -3.02. The van der Waals surface area contributed by atoms with Crippen molar-refractivity contribution in [3.05, 3.63) is 29.8 Å². The van der Waals surface area contributed by atoms with Crippen molar-refractivity contribution < 1.29 is 18.0 Å². The number of likely N-dealkylation sites (N-methyl/N-ethyl adjacent to an activating group) is 1. The van der Waals surface area contributed by atoms with Gasteiger partial charge < -0.3 is 15.5 Å². The zero-order valence-corrected chi connectivity index (χ0v) is 16.5. The number of nitrogens with zero attached hydrogens (tertiary/aromatic N) is 1. The van der Waals surface area contributed by atoms with Gasteiger partial charge in [0.15, 0.2) is 9.84 Å². The summed E-state index contributed by atoms with van der Waals surface area (Å²) in [5.74, 6) is -0.142. The summed E-state index contributed by atoms with van der Waals surface area (Å²) >= 11 is 0. The molecule has 1 fully saturated rings. The molecule has 1 atom stereocenters. The van der Waals surface area contributed by atoms with Crippen molar-refractivity contribution in [2.75, 3.05) is 30.4 Å². The van der Waals surface area contributed by atoms with Crippen LogP contribution < -0.4 is 10.6 Å². The van der Waals surface area contributed by atoms with Crippen molar-refractivity contribution in [2.24, 2.45) is 0 Å². The fraction of sp³-hybridized carbons (Fsp3) is 0.556. The summed E-state index contributed by atoms with van der Waals surface area (Å²) in [5.41, 5.74) is 0.960. The molecule has 0 bridgehead atoms. The average molecular weight is 381 g/mol. The molecule has 0 spiro atoms. The van der Waals surface area contributed by atoms with Crippen LogP contribution in [-0.2, 0) is 14.6 Å². The number of rotatable bonds is 5. The SMILES string of the molecule is CN(C(=O)CNc1ccc(C(=O)NC(C)(C)C)cc1)C1CCS(=O)(=O)C1. The second kappa shape index (κ2) is 7.65. The first-order chi connectivity index (χ1) is 12.0. The maximum Gasteiger partial charge on any atom is 0.251 e. The number of hydrogen-bond acceptors (Lipinski definition) is 5. The molecular formula is C18H27N3O4S. The van der Waals surface area contributed by atoms with E-state index < -0.39 is 9.84 Å². The molecule has 2 amide bonds. The van der Waals surface area contributed by atoms with Crippen molar-refractivity contribution in [2.45, 2.75) is 38.8 Å². The van der Waals surface area contributed by atoms with E-state index in [1.807, 2.05) is 20.8 Å². The van der Waals surface area contributed by atoms with E-state index in [0.29, 0.717) is 12.0 Å². The molecule has 144 valence electrons. The number of anilines is 1. The Bertz CT molecular complexity index is 767. The highest BCUT2D eigenvalue weighted by molar-refractivity contribution is 7.91. The van der Waals surface area contributed by atoms with E-state index >= 15 is 0 Å². The number of carbonyl (C=O) groups excluding carboxylic acids is 2. The maximum atomic E-state index is 12.3. The Labute approximate surface area is 155 Å². The topological polar surface area (TPSA) is 95.6 Å². The zero-order chi connectivity index (χ0) is 19.5. The maximum absolute atomic E-state index is 12.3. The van der Waals surface area contributed by atoms with Crippen LogP contribution in [0, 0.1) is 0 Å². The highest BCUT2D eigenvalue weighted by Crippen LogP contribution is 2.17. The molecule has 1 unspecified atom stereocenters. The zero-order valence-electron chi connectivity index (χ0n) is 15.7. The van der Waals surface area contributed by atoms with Gasteiger partial charge >= 0.3 is 0 Å². The van der Waals surface area contributed by atoms with Gasteiger partial charge in [-0.2, -0.15) is 0 Å². The molecule has 0 aromatic heterocycles. The van der Waals surface area contributed by atoms with Gasteiger partial charge in [0.2, 0.25) is 5.91 Å². The van der Waals surface area contributed by atoms with Crippen molar-refractivity contribution in [1.29, 1.82) is 0 Å². The van der Waals surface area contributed by atoms with Gasteiger partial charge in [0.25, 0.3) is 5.91 Å². The van der Waals surface area contributed by atoms with E-state index in [1.54, 1.807) is 31.3 Å². The molecule has 1 aromatic rings. The quantitative estimate of drug-likeness (QED) is 0.801. The van der Waals surface area contributed by atoms with Crippen LogP contribution in [0.25, 0.3) is 0 Å². The van der Waals surface area contributed by atoms with Crippen molar-refractivity contribution in [1.82, 2.24) is 10.2 Å². The summed E-state index contributed by atoms with van der Waals surface area (Å²) in [6, 6.07) is 6.62. The standard InChI is InChI=1S/C18H27N3O4S/c1-18(2,3)20-17(23)13-5-7-14(8-6-13)19-11-16(22)21(4)15-9-10-26(24,25)12-15/h5-8,15,19H,9-12H2,1-4H3,(H,20,23). The summed E-state index contributed by atoms with van der Waals surface area (Å²) in [7, 11) is -1.38. The summed E-state index contributed by atoms with van der Waals surface area (Å²) in [5, 5.41) is 5.90. The smallest absolute Gasteiger partial charge is 0.251 e. The molecule has 1 heterocycles. The lowest BCUT2D eigenvalue weighted by atomic mass is 10.1. The van der Waals surface area contributed by atoms with Gasteiger partial charge in [-0.05, 0) is 51.5 Å². The molecule has 2 rings (SSSR count). The summed E-state index contributed by atoms with van der Waals surface area (Å²) < 4.78 is 23.1. The number of hydrogen-bond donors (Lipinski definition) is 2. The van der Waals surface area contributed by atoms with Gasteiger partial charge in [-0.3, -0.25) is 9.59 Å². The highest BCUT2D eigenvalue weighted by atomic mass is 32.2. The molecule has 0 radical (unpaired) electrons. The molecule has 1 saturated heterocycles. The monoisotopic (exact) mass is 381 g/mol. The van der Waals surface area contributed by atoms with E-state index in [0.717, 1.165) is 5.69 Å². The average Bonchev–Trinajstić information content (AvgIpc) is 2.90. The summed E-state index contributed by atoms with van der Waals surface area (Å²) in [4.78, 5) is 25.8. The molecule has 1 aliphatic heterocycles. The largest absolute Gasteiger partial charge is 0.376 e. The first kappa shape index (κ1) is 20.2. The first-order valence-electron chi connectivity index (χ1n) is 8.59. The van der Waals surface area contributed by atoms with Crippen LogP contribution in [0.4, 0.5) is 5.69 Å². The third-order valence-corrected chi connectivity index (χ3v) is 5.98. The van der Waals surface area contributed by atoms with Gasteiger partial charge in [-0.25, -0.2) is 8.42 Å². The lowest BCUT2D eigenvalue weighted by molar-refractivity contribution is -0.129. The van der Waals surface area contributed by atoms with Gasteiger partial charge in [0.05, 0.1) is 18.1 Å². The normalized spacial score (nSPS) is 19.0. The molecule has 1 aromatic carbocycles. The minimum Gasteiger partial charge on any atom is -0.376 e. The second-order valence-electron chi connectivity index (χ2n) is 7.70. The lowest BCUT2D eigenvalue weighted by Gasteiger charge is -2.23. The van der Waals surface area contributed by atoms with Gasteiger partial charge in [0, 0.05) is 29.9 Å². The Hall–Kier alpha value is -2.09. The van der Waals surface area contributed by atoms with Gasteiger partial charge in [-0.15, -0.1) is 0 Å². The number of benzene rings is 1. The molecule has 0 saturated carbocycles. The molecular weight excluding hydrogens is 354 g/mol. The Morgan fingerprint density at radius 3 is 2.31 bits per heavy atom. The Morgan fingerprint density at radius 1 is 1.19 bits per heavy atom. The first-order valence-corrected chi connectivity index (χ1v) is 10.4. The van der Waals surface area contributed by atoms with Crippen LogP contribution in [0.2, 0.25) is 0 Å². The van der Waals surface area contributed by atoms with E-state index in [2.05, 4.69) is 10.6 Å². The molecule has 8 heteroatoms. The number of carbonyl (C=O) groups is 2. The van der Waals surface area contributed by atoms with E-state index in [-0.39, 0.29) is 41.4 Å². The fourth-order valence-electron chi connectivity index (χ4n) is 2.74. The van der Waals surface area contributed by atoms with E-state index in [4.69, 9.17) is 0 Å². The van der Waals surface area contributed by atoms with E-state index in [9.17, 15) is 18.0 Å². The fourth-order valence-corrected chi connectivity index (χ4v) is 4.51. The van der Waals surface area contributed by atoms with Crippen LogP contribution in [0.1, 0.15) is 37.6 Å². The Balaban J connectivity index is 1.87. The number of amides is 2. The molecule has 0 aliphatic carbocycles. The van der Waals surface area contributed by atoms with Crippen molar-refractivity contribution in [3.8, 4) is 0 Å². The van der Waals surface area contributed by atoms with Crippen molar-refractivity contribution >= 4 is 27.3 Å². The Morgan fingerprint density at radius 2 is 1.81 bits per heavy atom. The third kappa shape index (κ3) is 5.72. The molecule has 1 aliphatic rings. The summed E-state index contributed by atoms with van der Waals surface area (Å²) in [6.45, 7) is 5.82. The van der Waals surface area contributed by atoms with Crippen LogP contribution in [0.5, 0.6) is 0 Å². The van der Waals surface area contributed by atoms with Gasteiger partial charge in [-0.1, -0.05) is 0 Å². The lowest BCUT2D eigenvalue weighted by Crippen LogP contribution is -2.41. The molecule has 7 nitrogen and oxygen atoms in total. The number of nitrogens with one attached hydrogen (secondary N) is 2. The highest BCUT2D eigenvalue weighted by Gasteiger charge is 2.32. The van der Waals surface area contributed by atoms with Crippen LogP contribution in [0.15, 0.2) is 24.3 Å². The van der Waals surface area contributed by atoms with Crippen LogP contribution in [0.3, 0.4) is 0 Å². The predicted octanol–water partition coefficient (Wildman–Crippen LogP) is 1.27. The van der Waals surface area contributed by atoms with Gasteiger partial charge in [0.1, 0.15) is 0 Å². The number of sulfone groups is 1.